The quantitative estimate of drug-likeness (QED) is 0.807. The molecular formula is C14H18N2O6S. The fraction of sp³-hybridized carbons (Fsp3) is 0.429. The van der Waals surface area contributed by atoms with Crippen molar-refractivity contribution in [2.24, 2.45) is 0 Å². The first-order valence-corrected chi connectivity index (χ1v) is 8.51. The summed E-state index contributed by atoms with van der Waals surface area (Å²) in [5.74, 6) is -0.486. The van der Waals surface area contributed by atoms with Gasteiger partial charge in [0.05, 0.1) is 18.1 Å². The first-order chi connectivity index (χ1) is 10.8. The van der Waals surface area contributed by atoms with E-state index in [9.17, 15) is 18.0 Å². The molecule has 1 aromatic carbocycles. The Labute approximate surface area is 134 Å². The summed E-state index contributed by atoms with van der Waals surface area (Å²) in [4.78, 5) is 22.6. The minimum absolute atomic E-state index is 0.120. The molecule has 0 aromatic heterocycles. The van der Waals surface area contributed by atoms with Crippen molar-refractivity contribution >= 4 is 21.8 Å². The van der Waals surface area contributed by atoms with Gasteiger partial charge in [0.25, 0.3) is 15.9 Å². The highest BCUT2D eigenvalue weighted by atomic mass is 32.2. The summed E-state index contributed by atoms with van der Waals surface area (Å²) in [6.07, 6.45) is 0.696. The van der Waals surface area contributed by atoms with E-state index in [1.165, 1.54) is 32.0 Å². The van der Waals surface area contributed by atoms with Crippen molar-refractivity contribution in [2.45, 2.75) is 31.2 Å². The van der Waals surface area contributed by atoms with Gasteiger partial charge < -0.3 is 14.8 Å². The highest BCUT2D eigenvalue weighted by Gasteiger charge is 2.24. The zero-order chi connectivity index (χ0) is 17.0. The number of fused-ring (bicyclic) bond motifs is 1. The number of carbonyl (C=O) groups excluding carboxylic acids is 2. The molecule has 2 amide bonds. The molecule has 0 saturated carbocycles. The lowest BCUT2D eigenvalue weighted by atomic mass is 10.3. The predicted octanol–water partition coefficient (Wildman–Crippen LogP) is 0.177. The molecule has 2 rings (SSSR count). The Morgan fingerprint density at radius 3 is 2.48 bits per heavy atom. The van der Waals surface area contributed by atoms with Crippen LogP contribution in [0.3, 0.4) is 0 Å². The fourth-order valence-electron chi connectivity index (χ4n) is 1.96. The molecule has 1 atom stereocenters. The molecule has 126 valence electrons. The molecule has 0 aliphatic carbocycles. The minimum atomic E-state index is -4.07. The predicted molar refractivity (Wildman–Crippen MR) is 80.7 cm³/mol. The number of carbonyl (C=O) groups is 2. The zero-order valence-corrected chi connectivity index (χ0v) is 13.6. The summed E-state index contributed by atoms with van der Waals surface area (Å²) in [7, 11) is -4.07. The average molecular weight is 342 g/mol. The van der Waals surface area contributed by atoms with Gasteiger partial charge in [0.2, 0.25) is 5.91 Å². The first-order valence-electron chi connectivity index (χ1n) is 7.03. The molecule has 1 heterocycles. The lowest BCUT2D eigenvalue weighted by molar-refractivity contribution is -0.126. The van der Waals surface area contributed by atoms with Crippen molar-refractivity contribution in [2.75, 3.05) is 13.2 Å². The minimum Gasteiger partial charge on any atom is -0.490 e. The van der Waals surface area contributed by atoms with E-state index in [0.717, 1.165) is 0 Å². The maximum Gasteiger partial charge on any atom is 0.264 e. The standard InChI is InChI=1S/C14H18N2O6S/c1-9(15-10(2)17)14(18)16-23(19,20)11-4-5-12-13(8-11)22-7-3-6-21-12/h4-5,8-9H,3,6-7H2,1-2H3,(H,15,17)(H,16,18). The van der Waals surface area contributed by atoms with Gasteiger partial charge in [-0.3, -0.25) is 9.59 Å². The van der Waals surface area contributed by atoms with Gasteiger partial charge in [0, 0.05) is 19.4 Å². The molecule has 23 heavy (non-hydrogen) atoms. The van der Waals surface area contributed by atoms with E-state index in [-0.39, 0.29) is 4.90 Å². The zero-order valence-electron chi connectivity index (χ0n) is 12.8. The van der Waals surface area contributed by atoms with E-state index in [2.05, 4.69) is 5.32 Å². The maximum absolute atomic E-state index is 12.3. The highest BCUT2D eigenvalue weighted by Crippen LogP contribution is 2.31. The average Bonchev–Trinajstić information content (AvgIpc) is 2.70. The third kappa shape index (κ3) is 4.35. The molecule has 0 radical (unpaired) electrons. The Bertz CT molecular complexity index is 716. The molecule has 0 spiro atoms. The van der Waals surface area contributed by atoms with Gasteiger partial charge in [-0.1, -0.05) is 0 Å². The van der Waals surface area contributed by atoms with Gasteiger partial charge in [-0.15, -0.1) is 0 Å². The monoisotopic (exact) mass is 342 g/mol. The molecule has 1 aliphatic rings. The number of nitrogens with one attached hydrogen (secondary N) is 2. The lowest BCUT2D eigenvalue weighted by Gasteiger charge is -2.14. The van der Waals surface area contributed by atoms with Crippen molar-refractivity contribution in [3.8, 4) is 11.5 Å². The topological polar surface area (TPSA) is 111 Å². The first kappa shape index (κ1) is 17.1. The largest absolute Gasteiger partial charge is 0.490 e. The number of hydrogen-bond acceptors (Lipinski definition) is 6. The molecule has 9 heteroatoms. The number of sulfonamides is 1. The molecule has 0 saturated heterocycles. The van der Waals surface area contributed by atoms with E-state index in [1.807, 2.05) is 4.72 Å². The second kappa shape index (κ2) is 6.86. The van der Waals surface area contributed by atoms with Gasteiger partial charge in [0.1, 0.15) is 6.04 Å². The summed E-state index contributed by atoms with van der Waals surface area (Å²) in [6, 6.07) is 3.14. The molecule has 1 aromatic rings. The van der Waals surface area contributed by atoms with E-state index in [4.69, 9.17) is 9.47 Å². The van der Waals surface area contributed by atoms with Gasteiger partial charge in [0.15, 0.2) is 11.5 Å². The third-order valence-electron chi connectivity index (χ3n) is 3.08. The number of amides is 2. The number of benzene rings is 1. The Morgan fingerprint density at radius 2 is 1.83 bits per heavy atom. The van der Waals surface area contributed by atoms with Crippen molar-refractivity contribution in [1.82, 2.24) is 10.0 Å². The van der Waals surface area contributed by atoms with E-state index >= 15 is 0 Å². The van der Waals surface area contributed by atoms with Crippen molar-refractivity contribution < 1.29 is 27.5 Å². The molecular weight excluding hydrogens is 324 g/mol. The van der Waals surface area contributed by atoms with Crippen LogP contribution in [-0.4, -0.2) is 39.5 Å². The fourth-order valence-corrected chi connectivity index (χ4v) is 3.03. The van der Waals surface area contributed by atoms with E-state index < -0.39 is 27.9 Å². The van der Waals surface area contributed by atoms with Crippen LogP contribution >= 0.6 is 0 Å². The Morgan fingerprint density at radius 1 is 1.17 bits per heavy atom. The molecule has 0 bridgehead atoms. The van der Waals surface area contributed by atoms with Crippen LogP contribution in [0.15, 0.2) is 23.1 Å². The van der Waals surface area contributed by atoms with Crippen LogP contribution in [-0.2, 0) is 19.6 Å². The molecule has 2 N–H and O–H groups in total. The van der Waals surface area contributed by atoms with Crippen LogP contribution in [0.1, 0.15) is 20.3 Å². The SMILES string of the molecule is CC(=O)NC(C)C(=O)NS(=O)(=O)c1ccc2c(c1)OCCCO2. The highest BCUT2D eigenvalue weighted by molar-refractivity contribution is 7.90. The van der Waals surface area contributed by atoms with Crippen LogP contribution in [0.2, 0.25) is 0 Å². The Hall–Kier alpha value is -2.29. The molecule has 0 fully saturated rings. The summed E-state index contributed by atoms with van der Waals surface area (Å²) in [5.41, 5.74) is 0. The normalized spacial score (nSPS) is 15.2. The lowest BCUT2D eigenvalue weighted by Crippen LogP contribution is -2.46. The molecule has 8 nitrogen and oxygen atoms in total. The summed E-state index contributed by atoms with van der Waals surface area (Å²) in [5, 5.41) is 2.31. The summed E-state index contributed by atoms with van der Waals surface area (Å²) < 4.78 is 37.3. The Balaban J connectivity index is 2.18. The summed E-state index contributed by atoms with van der Waals surface area (Å²) >= 11 is 0. The third-order valence-corrected chi connectivity index (χ3v) is 4.42. The van der Waals surface area contributed by atoms with E-state index in [1.54, 1.807) is 0 Å². The van der Waals surface area contributed by atoms with Crippen molar-refractivity contribution in [3.63, 3.8) is 0 Å². The Kier molecular flexibility index (Phi) is 5.09. The van der Waals surface area contributed by atoms with Crippen LogP contribution in [0, 0.1) is 0 Å². The number of rotatable bonds is 4. The number of ether oxygens (including phenoxy) is 2. The molecule has 1 unspecified atom stereocenters. The van der Waals surface area contributed by atoms with E-state index in [0.29, 0.717) is 31.1 Å². The van der Waals surface area contributed by atoms with Crippen LogP contribution < -0.4 is 19.5 Å². The maximum atomic E-state index is 12.3. The van der Waals surface area contributed by atoms with Gasteiger partial charge in [-0.25, -0.2) is 13.1 Å². The second-order valence-corrected chi connectivity index (χ2v) is 6.73. The van der Waals surface area contributed by atoms with Crippen LogP contribution in [0.4, 0.5) is 0 Å². The van der Waals surface area contributed by atoms with Crippen molar-refractivity contribution in [1.29, 1.82) is 0 Å². The van der Waals surface area contributed by atoms with Gasteiger partial charge in [-0.2, -0.15) is 0 Å². The van der Waals surface area contributed by atoms with Crippen molar-refractivity contribution in [3.05, 3.63) is 18.2 Å². The summed E-state index contributed by atoms with van der Waals surface area (Å²) in [6.45, 7) is 3.54. The van der Waals surface area contributed by atoms with Gasteiger partial charge >= 0.3 is 0 Å². The smallest absolute Gasteiger partial charge is 0.264 e. The second-order valence-electron chi connectivity index (χ2n) is 5.05. The number of hydrogen-bond donors (Lipinski definition) is 2. The van der Waals surface area contributed by atoms with Crippen LogP contribution in [0.25, 0.3) is 0 Å². The molecule has 1 aliphatic heterocycles. The van der Waals surface area contributed by atoms with Crippen LogP contribution in [0.5, 0.6) is 11.5 Å². The van der Waals surface area contributed by atoms with Gasteiger partial charge in [-0.05, 0) is 19.1 Å².